The van der Waals surface area contributed by atoms with E-state index in [0.717, 1.165) is 32.6 Å². The van der Waals surface area contributed by atoms with E-state index in [1.807, 2.05) is 4.90 Å². The van der Waals surface area contributed by atoms with Crippen molar-refractivity contribution >= 4 is 23.5 Å². The number of aromatic nitrogens is 2. The van der Waals surface area contributed by atoms with Gasteiger partial charge in [0.15, 0.2) is 0 Å². The van der Waals surface area contributed by atoms with Crippen LogP contribution in [0.5, 0.6) is 0 Å². The molecule has 9 heteroatoms. The molecule has 2 atom stereocenters. The maximum Gasteiger partial charge on any atom is 0.303 e. The number of aliphatic carboxylic acids is 1. The van der Waals surface area contributed by atoms with Gasteiger partial charge in [0.05, 0.1) is 11.2 Å². The maximum absolute atomic E-state index is 13.0. The third kappa shape index (κ3) is 4.62. The number of piperidine rings is 1. The molecule has 2 aliphatic heterocycles. The lowest BCUT2D eigenvalue weighted by atomic mass is 9.86. The fraction of sp³-hybridized carbons (Fsp3) is 0.722. The quantitative estimate of drug-likeness (QED) is 0.798. The number of hydrogen-bond donors (Lipinski definition) is 1. The molecule has 8 nitrogen and oxygen atoms in total. The number of hydrogen-bond acceptors (Lipinski definition) is 5. The van der Waals surface area contributed by atoms with Crippen molar-refractivity contribution in [2.75, 3.05) is 46.3 Å². The SMILES string of the molecule is CN1CCN([C@@H]2CCN(C(=O)c3c(Cl)cnn3C)C[C@@H]2CCC(=O)O)CC1. The van der Waals surface area contributed by atoms with Crippen molar-refractivity contribution in [1.82, 2.24) is 24.5 Å². The van der Waals surface area contributed by atoms with E-state index >= 15 is 0 Å². The summed E-state index contributed by atoms with van der Waals surface area (Å²) in [7, 11) is 3.83. The number of halogens is 1. The minimum absolute atomic E-state index is 0.128. The van der Waals surface area contributed by atoms with Gasteiger partial charge >= 0.3 is 5.97 Å². The van der Waals surface area contributed by atoms with Gasteiger partial charge in [0.25, 0.3) is 5.91 Å². The Morgan fingerprint density at radius 2 is 1.93 bits per heavy atom. The molecule has 0 radical (unpaired) electrons. The van der Waals surface area contributed by atoms with Gasteiger partial charge in [-0.05, 0) is 25.8 Å². The zero-order valence-electron chi connectivity index (χ0n) is 16.0. The highest BCUT2D eigenvalue weighted by Gasteiger charge is 2.37. The first-order valence-corrected chi connectivity index (χ1v) is 9.85. The zero-order chi connectivity index (χ0) is 19.6. The Morgan fingerprint density at radius 3 is 2.52 bits per heavy atom. The molecule has 0 aliphatic carbocycles. The second kappa shape index (κ2) is 8.58. The summed E-state index contributed by atoms with van der Waals surface area (Å²) in [4.78, 5) is 30.7. The summed E-state index contributed by atoms with van der Waals surface area (Å²) < 4.78 is 1.50. The van der Waals surface area contributed by atoms with Gasteiger partial charge in [0.2, 0.25) is 0 Å². The molecule has 2 fully saturated rings. The van der Waals surface area contributed by atoms with Crippen molar-refractivity contribution in [2.24, 2.45) is 13.0 Å². The van der Waals surface area contributed by atoms with Gasteiger partial charge in [0.1, 0.15) is 5.69 Å². The fourth-order valence-corrected chi connectivity index (χ4v) is 4.48. The first kappa shape index (κ1) is 20.1. The number of rotatable bonds is 5. The van der Waals surface area contributed by atoms with Crippen molar-refractivity contribution in [3.63, 3.8) is 0 Å². The number of carbonyl (C=O) groups excluding carboxylic acids is 1. The number of carboxylic acid groups (broad SMARTS) is 1. The van der Waals surface area contributed by atoms with Crippen molar-refractivity contribution in [3.05, 3.63) is 16.9 Å². The summed E-state index contributed by atoms with van der Waals surface area (Å²) in [6.45, 7) is 5.24. The topological polar surface area (TPSA) is 81.9 Å². The van der Waals surface area contributed by atoms with E-state index in [1.54, 1.807) is 7.05 Å². The van der Waals surface area contributed by atoms with Crippen LogP contribution in [0.25, 0.3) is 0 Å². The number of nitrogens with zero attached hydrogens (tertiary/aromatic N) is 5. The molecular weight excluding hydrogens is 370 g/mol. The Kier molecular flexibility index (Phi) is 6.39. The van der Waals surface area contributed by atoms with Gasteiger partial charge in [-0.25, -0.2) is 0 Å². The molecule has 0 unspecified atom stereocenters. The van der Waals surface area contributed by atoms with Gasteiger partial charge < -0.3 is 14.9 Å². The highest BCUT2D eigenvalue weighted by molar-refractivity contribution is 6.33. The predicted octanol–water partition coefficient (Wildman–Crippen LogP) is 1.02. The standard InChI is InChI=1S/C18H28ClN5O3/c1-21-7-9-23(10-8-21)15-5-6-24(12-13(15)3-4-16(25)26)18(27)17-14(19)11-20-22(17)2/h11,13,15H,3-10,12H2,1-2H3,(H,25,26)/t13-,15+/m0/s1. The average Bonchev–Trinajstić information content (AvgIpc) is 2.98. The molecule has 27 heavy (non-hydrogen) atoms. The smallest absolute Gasteiger partial charge is 0.303 e. The van der Waals surface area contributed by atoms with Gasteiger partial charge in [-0.15, -0.1) is 0 Å². The Balaban J connectivity index is 1.72. The molecule has 0 bridgehead atoms. The van der Waals surface area contributed by atoms with Gasteiger partial charge in [-0.1, -0.05) is 11.6 Å². The molecule has 2 saturated heterocycles. The normalized spacial score (nSPS) is 24.9. The molecule has 1 amide bonds. The molecule has 0 saturated carbocycles. The number of amides is 1. The number of carbonyl (C=O) groups is 2. The van der Waals surface area contributed by atoms with Crippen LogP contribution in [0.4, 0.5) is 0 Å². The monoisotopic (exact) mass is 397 g/mol. The summed E-state index contributed by atoms with van der Waals surface area (Å²) in [6, 6.07) is 0.323. The first-order chi connectivity index (χ1) is 12.9. The van der Waals surface area contributed by atoms with Crippen LogP contribution in [0.3, 0.4) is 0 Å². The van der Waals surface area contributed by atoms with Crippen LogP contribution in [-0.4, -0.2) is 93.8 Å². The maximum atomic E-state index is 13.0. The van der Waals surface area contributed by atoms with Crippen molar-refractivity contribution < 1.29 is 14.7 Å². The molecule has 2 aliphatic rings. The van der Waals surface area contributed by atoms with Crippen LogP contribution >= 0.6 is 11.6 Å². The summed E-state index contributed by atoms with van der Waals surface area (Å²) in [6.07, 6.45) is 3.04. The number of likely N-dealkylation sites (tertiary alicyclic amines) is 1. The first-order valence-electron chi connectivity index (χ1n) is 9.48. The van der Waals surface area contributed by atoms with Crippen molar-refractivity contribution in [3.8, 4) is 0 Å². The van der Waals surface area contributed by atoms with Crippen LogP contribution < -0.4 is 0 Å². The molecule has 1 N–H and O–H groups in total. The van der Waals surface area contributed by atoms with Gasteiger partial charge in [0, 0.05) is 58.8 Å². The lowest BCUT2D eigenvalue weighted by molar-refractivity contribution is -0.137. The summed E-state index contributed by atoms with van der Waals surface area (Å²) in [5, 5.41) is 13.5. The third-order valence-electron chi connectivity index (χ3n) is 5.81. The Morgan fingerprint density at radius 1 is 1.22 bits per heavy atom. The molecule has 1 aromatic rings. The molecule has 0 spiro atoms. The Labute approximate surface area is 164 Å². The van der Waals surface area contributed by atoms with E-state index in [4.69, 9.17) is 16.7 Å². The fourth-order valence-electron chi connectivity index (χ4n) is 4.23. The number of piperazine rings is 1. The molecule has 0 aromatic carbocycles. The van der Waals surface area contributed by atoms with E-state index in [1.165, 1.54) is 10.9 Å². The van der Waals surface area contributed by atoms with Crippen LogP contribution in [0.1, 0.15) is 29.8 Å². The predicted molar refractivity (Wildman–Crippen MR) is 102 cm³/mol. The molecule has 1 aromatic heterocycles. The largest absolute Gasteiger partial charge is 0.481 e. The third-order valence-corrected chi connectivity index (χ3v) is 6.09. The van der Waals surface area contributed by atoms with Crippen LogP contribution in [0, 0.1) is 5.92 Å². The summed E-state index contributed by atoms with van der Waals surface area (Å²) >= 11 is 6.14. The second-order valence-electron chi connectivity index (χ2n) is 7.60. The van der Waals surface area contributed by atoms with E-state index in [2.05, 4.69) is 21.9 Å². The molecule has 150 valence electrons. The highest BCUT2D eigenvalue weighted by atomic mass is 35.5. The molecular formula is C18H28ClN5O3. The minimum Gasteiger partial charge on any atom is -0.481 e. The summed E-state index contributed by atoms with van der Waals surface area (Å²) in [5.74, 6) is -0.767. The van der Waals surface area contributed by atoms with E-state index < -0.39 is 5.97 Å². The summed E-state index contributed by atoms with van der Waals surface area (Å²) in [5.41, 5.74) is 0.395. The second-order valence-corrected chi connectivity index (χ2v) is 8.01. The van der Waals surface area contributed by atoms with Crippen LogP contribution in [0.2, 0.25) is 5.02 Å². The van der Waals surface area contributed by atoms with Crippen molar-refractivity contribution in [1.29, 1.82) is 0 Å². The van der Waals surface area contributed by atoms with Crippen LogP contribution in [-0.2, 0) is 11.8 Å². The Bertz CT molecular complexity index is 667. The highest BCUT2D eigenvalue weighted by Crippen LogP contribution is 2.29. The van der Waals surface area contributed by atoms with E-state index in [-0.39, 0.29) is 18.2 Å². The average molecular weight is 398 g/mol. The number of likely N-dealkylation sites (N-methyl/N-ethyl adjacent to an activating group) is 1. The zero-order valence-corrected chi connectivity index (χ0v) is 16.7. The van der Waals surface area contributed by atoms with E-state index in [0.29, 0.717) is 36.3 Å². The van der Waals surface area contributed by atoms with Gasteiger partial charge in [-0.2, -0.15) is 5.10 Å². The van der Waals surface area contributed by atoms with Crippen molar-refractivity contribution in [2.45, 2.75) is 25.3 Å². The minimum atomic E-state index is -0.787. The lowest BCUT2D eigenvalue weighted by Crippen LogP contribution is -2.57. The molecule has 3 rings (SSSR count). The Hall–Kier alpha value is -1.64. The number of aryl methyl sites for hydroxylation is 1. The number of carboxylic acids is 1. The van der Waals surface area contributed by atoms with E-state index in [9.17, 15) is 9.59 Å². The van der Waals surface area contributed by atoms with Crippen LogP contribution in [0.15, 0.2) is 6.20 Å². The molecule has 3 heterocycles. The van der Waals surface area contributed by atoms with Gasteiger partial charge in [-0.3, -0.25) is 19.2 Å². The lowest BCUT2D eigenvalue weighted by Gasteiger charge is -2.46.